The molecule has 2 aromatic heterocycles. The lowest BCUT2D eigenvalue weighted by molar-refractivity contribution is -0.108. The topological polar surface area (TPSA) is 108 Å². The van der Waals surface area contributed by atoms with Gasteiger partial charge in [0.05, 0.1) is 17.4 Å². The lowest BCUT2D eigenvalue weighted by atomic mass is 9.88. The third-order valence-electron chi connectivity index (χ3n) is 7.67. The van der Waals surface area contributed by atoms with Crippen molar-refractivity contribution in [3.8, 4) is 17.0 Å². The molecule has 232 valence electrons. The van der Waals surface area contributed by atoms with Gasteiger partial charge in [0.25, 0.3) is 5.56 Å². The van der Waals surface area contributed by atoms with Crippen molar-refractivity contribution >= 4 is 17.8 Å². The second-order valence-electron chi connectivity index (χ2n) is 11.2. The zero-order valence-corrected chi connectivity index (χ0v) is 26.6. The Morgan fingerprint density at radius 1 is 1.18 bits per heavy atom. The first kappa shape index (κ1) is 32.4. The fourth-order valence-corrected chi connectivity index (χ4v) is 5.55. The molecule has 1 aromatic carbocycles. The van der Waals surface area contributed by atoms with Gasteiger partial charge >= 0.3 is 0 Å². The highest BCUT2D eigenvalue weighted by Gasteiger charge is 2.22. The molecule has 0 spiro atoms. The molecule has 0 bridgehead atoms. The summed E-state index contributed by atoms with van der Waals surface area (Å²) in [5.74, 6) is 1.91. The summed E-state index contributed by atoms with van der Waals surface area (Å²) in [6.45, 7) is 10.7. The number of nitrogens with one attached hydrogen (secondary N) is 1. The van der Waals surface area contributed by atoms with E-state index in [-0.39, 0.29) is 17.6 Å². The van der Waals surface area contributed by atoms with E-state index in [0.717, 1.165) is 58.6 Å². The average Bonchev–Trinajstić information content (AvgIpc) is 3.19. The summed E-state index contributed by atoms with van der Waals surface area (Å²) in [7, 11) is 1.45. The number of rotatable bonds is 12. The number of nitrogens with zero attached hydrogens (tertiary/aromatic N) is 4. The number of carbonyl (C=O) groups is 1. The van der Waals surface area contributed by atoms with Gasteiger partial charge in [0.15, 0.2) is 5.84 Å². The standard InChI is InChI=1S/C35H43N5O4/c1-7-11-31-38-30(8-2)33(26-17-19-32(36-20-26)44-23(3)4)35(42)40(31)21-25-15-14-24(5)27(18-16-25)28-12-9-10-13-29(28)34(37-22-41)39-43-6/h9-10,12-13,16-20,22-24H,7-8,11,14-15,21H2,1-6H3,(H,37,39,41). The maximum Gasteiger partial charge on any atom is 0.262 e. The molecule has 0 fully saturated rings. The SMILES string of the molecule is CCCc1nc(CC)c(-c2ccc(OC(C)C)nc2)c(=O)n1CC1=CC=C(c2ccccc2/C(=N/OC)NC=O)C(C)CC1. The van der Waals surface area contributed by atoms with Crippen LogP contribution >= 0.6 is 0 Å². The first-order valence-electron chi connectivity index (χ1n) is 15.4. The number of amides is 1. The normalized spacial score (nSPS) is 15.3. The molecule has 9 heteroatoms. The molecule has 3 aromatic rings. The molecule has 4 rings (SSSR count). The molecule has 1 N–H and O–H groups in total. The van der Waals surface area contributed by atoms with Gasteiger partial charge < -0.3 is 14.9 Å². The van der Waals surface area contributed by atoms with E-state index in [1.807, 2.05) is 61.7 Å². The average molecular weight is 598 g/mol. The van der Waals surface area contributed by atoms with Crippen LogP contribution in [0.4, 0.5) is 0 Å². The van der Waals surface area contributed by atoms with Crippen molar-refractivity contribution < 1.29 is 14.4 Å². The van der Waals surface area contributed by atoms with E-state index in [1.54, 1.807) is 6.20 Å². The maximum absolute atomic E-state index is 14.2. The Bertz CT molecular complexity index is 1600. The minimum absolute atomic E-state index is 0.0129. The van der Waals surface area contributed by atoms with Crippen molar-refractivity contribution in [3.63, 3.8) is 0 Å². The molecule has 1 aliphatic rings. The molecular formula is C35H43N5O4. The smallest absolute Gasteiger partial charge is 0.262 e. The fourth-order valence-electron chi connectivity index (χ4n) is 5.55. The van der Waals surface area contributed by atoms with E-state index >= 15 is 0 Å². The van der Waals surface area contributed by atoms with Gasteiger partial charge in [-0.15, -0.1) is 0 Å². The van der Waals surface area contributed by atoms with E-state index in [1.165, 1.54) is 7.11 Å². The second-order valence-corrected chi connectivity index (χ2v) is 11.2. The number of oxime groups is 1. The summed E-state index contributed by atoms with van der Waals surface area (Å²) >= 11 is 0. The monoisotopic (exact) mass is 597 g/mol. The number of ether oxygens (including phenoxy) is 1. The van der Waals surface area contributed by atoms with Crippen LogP contribution in [-0.4, -0.2) is 40.0 Å². The van der Waals surface area contributed by atoms with Crippen molar-refractivity contribution in [2.24, 2.45) is 11.1 Å². The number of hydrogen-bond acceptors (Lipinski definition) is 7. The fraction of sp³-hybridized carbons (Fsp3) is 0.400. The Labute approximate surface area is 259 Å². The van der Waals surface area contributed by atoms with E-state index in [2.05, 4.69) is 41.5 Å². The predicted molar refractivity (Wildman–Crippen MR) is 175 cm³/mol. The Morgan fingerprint density at radius 3 is 2.64 bits per heavy atom. The Hall–Kier alpha value is -4.53. The number of hydrogen-bond donors (Lipinski definition) is 1. The molecule has 0 saturated heterocycles. The van der Waals surface area contributed by atoms with Gasteiger partial charge in [0.1, 0.15) is 12.9 Å². The molecule has 0 aliphatic heterocycles. The minimum Gasteiger partial charge on any atom is -0.475 e. The highest BCUT2D eigenvalue weighted by atomic mass is 16.6. The van der Waals surface area contributed by atoms with Crippen LogP contribution in [0.15, 0.2) is 70.3 Å². The highest BCUT2D eigenvalue weighted by Crippen LogP contribution is 2.33. The van der Waals surface area contributed by atoms with E-state index in [0.29, 0.717) is 43.1 Å². The summed E-state index contributed by atoms with van der Waals surface area (Å²) < 4.78 is 7.56. The van der Waals surface area contributed by atoms with Gasteiger partial charge in [0, 0.05) is 36.4 Å². The zero-order chi connectivity index (χ0) is 31.6. The molecule has 1 amide bonds. The van der Waals surface area contributed by atoms with E-state index in [4.69, 9.17) is 14.6 Å². The number of carbonyl (C=O) groups excluding carboxylic acids is 1. The van der Waals surface area contributed by atoms with Crippen LogP contribution in [0.25, 0.3) is 16.7 Å². The molecule has 44 heavy (non-hydrogen) atoms. The van der Waals surface area contributed by atoms with Crippen LogP contribution in [0.3, 0.4) is 0 Å². The summed E-state index contributed by atoms with van der Waals surface area (Å²) in [5.41, 5.74) is 6.10. The van der Waals surface area contributed by atoms with Crippen LogP contribution < -0.4 is 15.6 Å². The quantitative estimate of drug-likeness (QED) is 0.117. The van der Waals surface area contributed by atoms with E-state index in [9.17, 15) is 9.59 Å². The van der Waals surface area contributed by atoms with Crippen molar-refractivity contribution in [2.75, 3.05) is 7.11 Å². The largest absolute Gasteiger partial charge is 0.475 e. The Balaban J connectivity index is 1.76. The second kappa shape index (κ2) is 15.3. The van der Waals surface area contributed by atoms with Crippen LogP contribution in [0.1, 0.15) is 76.5 Å². The highest BCUT2D eigenvalue weighted by molar-refractivity contribution is 6.06. The van der Waals surface area contributed by atoms with Crippen LogP contribution in [0.5, 0.6) is 5.88 Å². The third-order valence-corrected chi connectivity index (χ3v) is 7.67. The molecule has 2 heterocycles. The molecule has 0 radical (unpaired) electrons. The van der Waals surface area contributed by atoms with Crippen molar-refractivity contribution in [1.82, 2.24) is 19.9 Å². The van der Waals surface area contributed by atoms with Gasteiger partial charge in [-0.25, -0.2) is 9.97 Å². The van der Waals surface area contributed by atoms with Gasteiger partial charge in [-0.2, -0.15) is 0 Å². The first-order valence-corrected chi connectivity index (χ1v) is 15.4. The molecular weight excluding hydrogens is 554 g/mol. The lowest BCUT2D eigenvalue weighted by Gasteiger charge is -2.19. The number of allylic oxidation sites excluding steroid dienone is 4. The number of benzene rings is 1. The maximum atomic E-state index is 14.2. The minimum atomic E-state index is -0.0484. The van der Waals surface area contributed by atoms with Gasteiger partial charge in [-0.1, -0.05) is 67.9 Å². The summed E-state index contributed by atoms with van der Waals surface area (Å²) in [6, 6.07) is 11.5. The summed E-state index contributed by atoms with van der Waals surface area (Å²) in [5, 5.41) is 6.70. The number of pyridine rings is 1. The first-order chi connectivity index (χ1) is 21.3. The third kappa shape index (κ3) is 7.51. The predicted octanol–water partition coefficient (Wildman–Crippen LogP) is 6.10. The zero-order valence-electron chi connectivity index (χ0n) is 26.6. The Kier molecular flexibility index (Phi) is 11.2. The summed E-state index contributed by atoms with van der Waals surface area (Å²) in [6.07, 6.45) is 10.6. The van der Waals surface area contributed by atoms with Gasteiger partial charge in [-0.3, -0.25) is 14.2 Å². The molecule has 9 nitrogen and oxygen atoms in total. The van der Waals surface area contributed by atoms with Crippen LogP contribution in [-0.2, 0) is 29.0 Å². The number of aryl methyl sites for hydroxylation is 2. The number of amidine groups is 1. The van der Waals surface area contributed by atoms with Crippen LogP contribution in [0, 0.1) is 5.92 Å². The molecule has 0 saturated carbocycles. The Morgan fingerprint density at radius 2 is 1.98 bits per heavy atom. The van der Waals surface area contributed by atoms with Crippen molar-refractivity contribution in [2.45, 2.75) is 79.4 Å². The molecule has 1 aliphatic carbocycles. The molecule has 1 atom stereocenters. The molecule has 1 unspecified atom stereocenters. The number of aromatic nitrogens is 3. The van der Waals surface area contributed by atoms with E-state index < -0.39 is 0 Å². The van der Waals surface area contributed by atoms with Gasteiger partial charge in [-0.05, 0) is 62.7 Å². The van der Waals surface area contributed by atoms with Gasteiger partial charge in [0.2, 0.25) is 12.3 Å². The summed E-state index contributed by atoms with van der Waals surface area (Å²) in [4.78, 5) is 40.0. The van der Waals surface area contributed by atoms with Crippen molar-refractivity contribution in [3.05, 3.63) is 93.3 Å². The van der Waals surface area contributed by atoms with Crippen molar-refractivity contribution in [1.29, 1.82) is 0 Å². The van der Waals surface area contributed by atoms with Crippen LogP contribution in [0.2, 0.25) is 0 Å². The lowest BCUT2D eigenvalue weighted by Crippen LogP contribution is -2.29.